The van der Waals surface area contributed by atoms with Gasteiger partial charge in [0.2, 0.25) is 5.95 Å². The lowest BCUT2D eigenvalue weighted by atomic mass is 10.3. The quantitative estimate of drug-likeness (QED) is 0.903. The van der Waals surface area contributed by atoms with Crippen molar-refractivity contribution in [2.75, 3.05) is 17.7 Å². The van der Waals surface area contributed by atoms with E-state index in [0.29, 0.717) is 22.5 Å². The summed E-state index contributed by atoms with van der Waals surface area (Å²) in [5.74, 6) is 0.339. The van der Waals surface area contributed by atoms with Crippen LogP contribution in [0.15, 0.2) is 24.4 Å². The monoisotopic (exact) mass is 286 g/mol. The van der Waals surface area contributed by atoms with Gasteiger partial charge in [0.15, 0.2) is 5.82 Å². The Balaban J connectivity index is 2.33. The number of aromatic nitrogens is 2. The molecule has 0 amide bonds. The topological polar surface area (TPSA) is 49.8 Å². The zero-order valence-corrected chi connectivity index (χ0v) is 10.8. The molecule has 1 heterocycles. The molecule has 0 fully saturated rings. The maximum Gasteiger partial charge on any atom is 0.224 e. The van der Waals surface area contributed by atoms with Crippen molar-refractivity contribution in [3.05, 3.63) is 40.3 Å². The van der Waals surface area contributed by atoms with E-state index in [4.69, 9.17) is 23.2 Å². The van der Waals surface area contributed by atoms with E-state index in [9.17, 15) is 4.39 Å². The van der Waals surface area contributed by atoms with Crippen molar-refractivity contribution in [3.63, 3.8) is 0 Å². The zero-order chi connectivity index (χ0) is 13.1. The molecule has 18 heavy (non-hydrogen) atoms. The maximum absolute atomic E-state index is 13.2. The smallest absolute Gasteiger partial charge is 0.224 e. The summed E-state index contributed by atoms with van der Waals surface area (Å²) in [4.78, 5) is 8.05. The summed E-state index contributed by atoms with van der Waals surface area (Å²) in [5, 5.41) is 6.28. The average Bonchev–Trinajstić information content (AvgIpc) is 2.30. The number of hydrogen-bond donors (Lipinski definition) is 2. The van der Waals surface area contributed by atoms with Crippen LogP contribution in [-0.2, 0) is 0 Å². The highest BCUT2D eigenvalue weighted by atomic mass is 35.5. The standard InChI is InChI=1S/C11H9Cl2FN4/c1-15-11-16-5-9(13)10(18-11)17-8-3-6(12)2-7(14)4-8/h2-5H,1H3,(H2,15,16,17,18). The Morgan fingerprint density at radius 3 is 2.67 bits per heavy atom. The summed E-state index contributed by atoms with van der Waals surface area (Å²) in [6.07, 6.45) is 1.45. The number of benzene rings is 1. The van der Waals surface area contributed by atoms with Crippen molar-refractivity contribution < 1.29 is 4.39 Å². The third-order valence-electron chi connectivity index (χ3n) is 2.09. The van der Waals surface area contributed by atoms with Crippen LogP contribution in [0.1, 0.15) is 0 Å². The fraction of sp³-hybridized carbons (Fsp3) is 0.0909. The first-order chi connectivity index (χ1) is 8.58. The van der Waals surface area contributed by atoms with E-state index in [0.717, 1.165) is 0 Å². The number of hydrogen-bond acceptors (Lipinski definition) is 4. The minimum atomic E-state index is -0.441. The lowest BCUT2D eigenvalue weighted by molar-refractivity contribution is 0.628. The first-order valence-corrected chi connectivity index (χ1v) is 5.77. The fourth-order valence-corrected chi connectivity index (χ4v) is 1.70. The van der Waals surface area contributed by atoms with Crippen molar-refractivity contribution in [3.8, 4) is 0 Å². The molecule has 2 N–H and O–H groups in total. The van der Waals surface area contributed by atoms with E-state index in [1.165, 1.54) is 18.3 Å². The van der Waals surface area contributed by atoms with Gasteiger partial charge in [-0.1, -0.05) is 23.2 Å². The Morgan fingerprint density at radius 2 is 2.00 bits per heavy atom. The minimum Gasteiger partial charge on any atom is -0.357 e. The summed E-state index contributed by atoms with van der Waals surface area (Å²) in [7, 11) is 1.69. The molecule has 1 aromatic heterocycles. The minimum absolute atomic E-state index is 0.288. The van der Waals surface area contributed by atoms with Crippen LogP contribution in [0.25, 0.3) is 0 Å². The van der Waals surface area contributed by atoms with Crippen molar-refractivity contribution >= 4 is 40.7 Å². The van der Waals surface area contributed by atoms with E-state index in [-0.39, 0.29) is 5.02 Å². The Bertz CT molecular complexity index is 557. The van der Waals surface area contributed by atoms with Crippen molar-refractivity contribution in [2.45, 2.75) is 0 Å². The molecule has 94 valence electrons. The van der Waals surface area contributed by atoms with Gasteiger partial charge in [0.1, 0.15) is 10.8 Å². The van der Waals surface area contributed by atoms with Gasteiger partial charge in [0.05, 0.1) is 6.20 Å². The van der Waals surface area contributed by atoms with Crippen molar-refractivity contribution in [1.29, 1.82) is 0 Å². The van der Waals surface area contributed by atoms with Crippen LogP contribution in [0.5, 0.6) is 0 Å². The molecule has 4 nitrogen and oxygen atoms in total. The molecule has 0 saturated heterocycles. The summed E-state index contributed by atoms with van der Waals surface area (Å²) >= 11 is 11.7. The van der Waals surface area contributed by atoms with E-state index >= 15 is 0 Å². The Kier molecular flexibility index (Phi) is 3.84. The Labute approximate surface area is 113 Å². The molecule has 2 rings (SSSR count). The molecule has 1 aromatic carbocycles. The maximum atomic E-state index is 13.2. The van der Waals surface area contributed by atoms with Gasteiger partial charge in [0, 0.05) is 17.8 Å². The highest BCUT2D eigenvalue weighted by Crippen LogP contribution is 2.25. The van der Waals surface area contributed by atoms with Crippen LogP contribution in [0, 0.1) is 5.82 Å². The Hall–Kier alpha value is -1.59. The van der Waals surface area contributed by atoms with Gasteiger partial charge in [-0.15, -0.1) is 0 Å². The second-order valence-corrected chi connectivity index (χ2v) is 4.27. The molecule has 0 aliphatic rings. The molecule has 0 aliphatic heterocycles. The average molecular weight is 287 g/mol. The van der Waals surface area contributed by atoms with Crippen LogP contribution in [0.3, 0.4) is 0 Å². The van der Waals surface area contributed by atoms with Crippen LogP contribution in [0.2, 0.25) is 10.0 Å². The molecule has 0 radical (unpaired) electrons. The first kappa shape index (κ1) is 12.9. The SMILES string of the molecule is CNc1ncc(Cl)c(Nc2cc(F)cc(Cl)c2)n1. The highest BCUT2D eigenvalue weighted by Gasteiger charge is 2.06. The molecule has 0 spiro atoms. The largest absolute Gasteiger partial charge is 0.357 e. The van der Waals surface area contributed by atoms with Crippen LogP contribution in [0.4, 0.5) is 21.8 Å². The molecule has 7 heteroatoms. The Morgan fingerprint density at radius 1 is 1.22 bits per heavy atom. The predicted octanol–water partition coefficient (Wildman–Crippen LogP) is 3.71. The van der Waals surface area contributed by atoms with Gasteiger partial charge in [-0.3, -0.25) is 0 Å². The number of halogens is 3. The van der Waals surface area contributed by atoms with Crippen LogP contribution >= 0.6 is 23.2 Å². The summed E-state index contributed by atoms with van der Waals surface area (Å²) in [6, 6.07) is 4.08. The van der Waals surface area contributed by atoms with Crippen molar-refractivity contribution in [1.82, 2.24) is 9.97 Å². The first-order valence-electron chi connectivity index (χ1n) is 5.02. The molecule has 2 aromatic rings. The van der Waals surface area contributed by atoms with Crippen LogP contribution < -0.4 is 10.6 Å². The van der Waals surface area contributed by atoms with Gasteiger partial charge in [-0.2, -0.15) is 4.98 Å². The third kappa shape index (κ3) is 3.00. The molecule has 0 bridgehead atoms. The van der Waals surface area contributed by atoms with Crippen LogP contribution in [-0.4, -0.2) is 17.0 Å². The fourth-order valence-electron chi connectivity index (χ4n) is 1.34. The van der Waals surface area contributed by atoms with E-state index in [2.05, 4.69) is 20.6 Å². The van der Waals surface area contributed by atoms with Gasteiger partial charge >= 0.3 is 0 Å². The summed E-state index contributed by atoms with van der Waals surface area (Å²) in [6.45, 7) is 0. The van der Waals surface area contributed by atoms with Gasteiger partial charge in [0.25, 0.3) is 0 Å². The zero-order valence-electron chi connectivity index (χ0n) is 9.34. The number of anilines is 3. The lowest BCUT2D eigenvalue weighted by Gasteiger charge is -2.09. The second kappa shape index (κ2) is 5.37. The molecular weight excluding hydrogens is 278 g/mol. The highest BCUT2D eigenvalue weighted by molar-refractivity contribution is 6.33. The summed E-state index contributed by atoms with van der Waals surface area (Å²) in [5.41, 5.74) is 0.461. The van der Waals surface area contributed by atoms with Gasteiger partial charge in [-0.05, 0) is 18.2 Å². The second-order valence-electron chi connectivity index (χ2n) is 3.42. The summed E-state index contributed by atoms with van der Waals surface area (Å²) < 4.78 is 13.2. The van der Waals surface area contributed by atoms with Crippen molar-refractivity contribution in [2.24, 2.45) is 0 Å². The molecule has 0 atom stereocenters. The third-order valence-corrected chi connectivity index (χ3v) is 2.59. The normalized spacial score (nSPS) is 10.2. The van der Waals surface area contributed by atoms with Gasteiger partial charge in [-0.25, -0.2) is 9.37 Å². The molecule has 0 saturated carbocycles. The lowest BCUT2D eigenvalue weighted by Crippen LogP contribution is -2.01. The molecular formula is C11H9Cl2FN4. The molecule has 0 aliphatic carbocycles. The number of rotatable bonds is 3. The molecule has 0 unspecified atom stereocenters. The van der Waals surface area contributed by atoms with E-state index in [1.807, 2.05) is 0 Å². The van der Waals surface area contributed by atoms with E-state index in [1.54, 1.807) is 13.1 Å². The number of nitrogens with zero attached hydrogens (tertiary/aromatic N) is 2. The van der Waals surface area contributed by atoms with E-state index < -0.39 is 5.82 Å². The predicted molar refractivity (Wildman–Crippen MR) is 71.3 cm³/mol. The number of nitrogens with one attached hydrogen (secondary N) is 2. The van der Waals surface area contributed by atoms with Gasteiger partial charge < -0.3 is 10.6 Å².